The van der Waals surface area contributed by atoms with Crippen molar-refractivity contribution in [1.82, 2.24) is 19.5 Å². The molecule has 1 unspecified atom stereocenters. The van der Waals surface area contributed by atoms with Crippen molar-refractivity contribution in [2.45, 2.75) is 12.5 Å². The molecule has 27 heavy (non-hydrogen) atoms. The molecular weight excluding hydrogens is 407 g/mol. The van der Waals surface area contributed by atoms with Crippen LogP contribution in [0.2, 0.25) is 0 Å². The van der Waals surface area contributed by atoms with Crippen molar-refractivity contribution in [3.05, 3.63) is 101 Å². The van der Waals surface area contributed by atoms with Gasteiger partial charge in [0.15, 0.2) is 0 Å². The molecular formula is C21H16BrFN4. The lowest BCUT2D eigenvalue weighted by molar-refractivity contribution is 0.563. The summed E-state index contributed by atoms with van der Waals surface area (Å²) in [4.78, 5) is 13.2. The van der Waals surface area contributed by atoms with Crippen LogP contribution < -0.4 is 0 Å². The van der Waals surface area contributed by atoms with Crippen LogP contribution in [0.5, 0.6) is 0 Å². The van der Waals surface area contributed by atoms with Gasteiger partial charge in [-0.3, -0.25) is 9.97 Å². The minimum Gasteiger partial charge on any atom is -0.327 e. The molecule has 0 bridgehead atoms. The fourth-order valence-electron chi connectivity index (χ4n) is 2.97. The number of rotatable bonds is 5. The SMILES string of the molecule is Fc1ccc(CC(c2ccc(Br)cn2)n2cnc(-c3ccncc3)c2)cc1. The molecule has 3 heterocycles. The van der Waals surface area contributed by atoms with Gasteiger partial charge in [0.1, 0.15) is 5.82 Å². The summed E-state index contributed by atoms with van der Waals surface area (Å²) in [5.74, 6) is -0.236. The second-order valence-electron chi connectivity index (χ2n) is 6.19. The maximum Gasteiger partial charge on any atom is 0.123 e. The normalized spacial score (nSPS) is 12.1. The fraction of sp³-hybridized carbons (Fsp3) is 0.0952. The second-order valence-corrected chi connectivity index (χ2v) is 7.11. The molecule has 4 nitrogen and oxygen atoms in total. The number of hydrogen-bond donors (Lipinski definition) is 0. The summed E-state index contributed by atoms with van der Waals surface area (Å²) in [6.07, 6.45) is 9.79. The van der Waals surface area contributed by atoms with Gasteiger partial charge in [-0.15, -0.1) is 0 Å². The Hall–Kier alpha value is -2.86. The van der Waals surface area contributed by atoms with Crippen molar-refractivity contribution in [3.63, 3.8) is 0 Å². The van der Waals surface area contributed by atoms with E-state index in [2.05, 4.69) is 35.4 Å². The molecule has 0 aliphatic carbocycles. The number of nitrogens with zero attached hydrogens (tertiary/aromatic N) is 4. The van der Waals surface area contributed by atoms with Gasteiger partial charge in [0.2, 0.25) is 0 Å². The average Bonchev–Trinajstić information content (AvgIpc) is 3.19. The lowest BCUT2D eigenvalue weighted by Gasteiger charge is -2.18. The predicted molar refractivity (Wildman–Crippen MR) is 106 cm³/mol. The van der Waals surface area contributed by atoms with E-state index in [1.807, 2.05) is 48.9 Å². The van der Waals surface area contributed by atoms with Gasteiger partial charge >= 0.3 is 0 Å². The summed E-state index contributed by atoms with van der Waals surface area (Å²) in [6, 6.07) is 14.4. The first-order valence-corrected chi connectivity index (χ1v) is 9.28. The molecule has 0 saturated heterocycles. The summed E-state index contributed by atoms with van der Waals surface area (Å²) in [5, 5.41) is 0. The number of hydrogen-bond acceptors (Lipinski definition) is 3. The predicted octanol–water partition coefficient (Wildman–Crippen LogP) is 5.07. The van der Waals surface area contributed by atoms with Crippen LogP contribution in [0.3, 0.4) is 0 Å². The van der Waals surface area contributed by atoms with E-state index in [4.69, 9.17) is 0 Å². The Bertz CT molecular complexity index is 1010. The molecule has 1 atom stereocenters. The van der Waals surface area contributed by atoms with Gasteiger partial charge in [-0.1, -0.05) is 12.1 Å². The molecule has 3 aromatic heterocycles. The third kappa shape index (κ3) is 4.11. The van der Waals surface area contributed by atoms with E-state index in [9.17, 15) is 4.39 Å². The molecule has 0 N–H and O–H groups in total. The maximum atomic E-state index is 13.3. The average molecular weight is 423 g/mol. The van der Waals surface area contributed by atoms with Crippen LogP contribution in [0.25, 0.3) is 11.3 Å². The lowest BCUT2D eigenvalue weighted by atomic mass is 10.0. The number of imidazole rings is 1. The zero-order valence-corrected chi connectivity index (χ0v) is 15.9. The first-order valence-electron chi connectivity index (χ1n) is 8.49. The summed E-state index contributed by atoms with van der Waals surface area (Å²) >= 11 is 3.43. The number of pyridine rings is 2. The van der Waals surface area contributed by atoms with Gasteiger partial charge in [-0.2, -0.15) is 0 Å². The zero-order valence-electron chi connectivity index (χ0n) is 14.3. The molecule has 0 amide bonds. The largest absolute Gasteiger partial charge is 0.327 e. The number of benzene rings is 1. The van der Waals surface area contributed by atoms with E-state index in [1.165, 1.54) is 12.1 Å². The topological polar surface area (TPSA) is 43.6 Å². The van der Waals surface area contributed by atoms with Crippen molar-refractivity contribution >= 4 is 15.9 Å². The smallest absolute Gasteiger partial charge is 0.123 e. The highest BCUT2D eigenvalue weighted by Crippen LogP contribution is 2.25. The van der Waals surface area contributed by atoms with E-state index in [0.717, 1.165) is 27.0 Å². The minimum absolute atomic E-state index is 0.0494. The lowest BCUT2D eigenvalue weighted by Crippen LogP contribution is -2.13. The molecule has 0 radical (unpaired) electrons. The number of aromatic nitrogens is 4. The molecule has 6 heteroatoms. The summed E-state index contributed by atoms with van der Waals surface area (Å²) in [6.45, 7) is 0. The molecule has 134 valence electrons. The molecule has 0 spiro atoms. The maximum absolute atomic E-state index is 13.3. The third-order valence-corrected chi connectivity index (χ3v) is 4.84. The van der Waals surface area contributed by atoms with Gasteiger partial charge in [0.05, 0.1) is 23.8 Å². The van der Waals surface area contributed by atoms with Crippen molar-refractivity contribution in [1.29, 1.82) is 0 Å². The Morgan fingerprint density at radius 1 is 0.963 bits per heavy atom. The van der Waals surface area contributed by atoms with E-state index < -0.39 is 0 Å². The molecule has 4 aromatic rings. The molecule has 0 aliphatic rings. The highest BCUT2D eigenvalue weighted by Gasteiger charge is 2.17. The zero-order chi connectivity index (χ0) is 18.6. The van der Waals surface area contributed by atoms with Crippen molar-refractivity contribution in [2.24, 2.45) is 0 Å². The van der Waals surface area contributed by atoms with Crippen molar-refractivity contribution in [2.75, 3.05) is 0 Å². The highest BCUT2D eigenvalue weighted by molar-refractivity contribution is 9.10. The molecule has 0 aliphatic heterocycles. The first-order chi connectivity index (χ1) is 13.2. The molecule has 0 saturated carbocycles. The molecule has 0 fully saturated rings. The van der Waals surface area contributed by atoms with Crippen LogP contribution in [0.4, 0.5) is 4.39 Å². The van der Waals surface area contributed by atoms with Crippen molar-refractivity contribution < 1.29 is 4.39 Å². The Morgan fingerprint density at radius 3 is 2.44 bits per heavy atom. The Kier molecular flexibility index (Phi) is 5.07. The van der Waals surface area contributed by atoms with Gasteiger partial charge in [-0.05, 0) is 64.3 Å². The highest BCUT2D eigenvalue weighted by atomic mass is 79.9. The fourth-order valence-corrected chi connectivity index (χ4v) is 3.20. The van der Waals surface area contributed by atoms with Crippen LogP contribution in [0, 0.1) is 5.82 Å². The van der Waals surface area contributed by atoms with Crippen LogP contribution in [0.1, 0.15) is 17.3 Å². The Labute approximate surface area is 164 Å². The Balaban J connectivity index is 1.70. The minimum atomic E-state index is -0.236. The summed E-state index contributed by atoms with van der Waals surface area (Å²) < 4.78 is 16.2. The van der Waals surface area contributed by atoms with E-state index in [0.29, 0.717) is 6.42 Å². The number of halogens is 2. The molecule has 1 aromatic carbocycles. The van der Waals surface area contributed by atoms with Gasteiger partial charge in [0, 0.05) is 34.8 Å². The van der Waals surface area contributed by atoms with Gasteiger partial charge in [-0.25, -0.2) is 9.37 Å². The van der Waals surface area contributed by atoms with Crippen molar-refractivity contribution in [3.8, 4) is 11.3 Å². The first kappa shape index (κ1) is 17.5. The summed E-state index contributed by atoms with van der Waals surface area (Å²) in [5.41, 5.74) is 3.83. The van der Waals surface area contributed by atoms with Crippen LogP contribution in [0.15, 0.2) is 84.1 Å². The van der Waals surface area contributed by atoms with Crippen LogP contribution >= 0.6 is 15.9 Å². The van der Waals surface area contributed by atoms with Gasteiger partial charge in [0.25, 0.3) is 0 Å². The standard InChI is InChI=1S/C21H16BrFN4/c22-17-3-6-19(25-12-17)21(11-15-1-4-18(23)5-2-15)27-13-20(26-14-27)16-7-9-24-10-8-16/h1-10,12-14,21H,11H2. The Morgan fingerprint density at radius 2 is 1.74 bits per heavy atom. The van der Waals surface area contributed by atoms with Crippen LogP contribution in [-0.2, 0) is 6.42 Å². The second kappa shape index (κ2) is 7.80. The monoisotopic (exact) mass is 422 g/mol. The van der Waals surface area contributed by atoms with Gasteiger partial charge < -0.3 is 4.57 Å². The van der Waals surface area contributed by atoms with E-state index in [1.54, 1.807) is 18.6 Å². The summed E-state index contributed by atoms with van der Waals surface area (Å²) in [7, 11) is 0. The third-order valence-electron chi connectivity index (χ3n) is 4.37. The molecule has 4 rings (SSSR count). The quantitative estimate of drug-likeness (QED) is 0.450. The van der Waals surface area contributed by atoms with E-state index >= 15 is 0 Å². The van der Waals surface area contributed by atoms with E-state index in [-0.39, 0.29) is 11.9 Å². The van der Waals surface area contributed by atoms with Crippen LogP contribution in [-0.4, -0.2) is 19.5 Å².